The summed E-state index contributed by atoms with van der Waals surface area (Å²) in [5.74, 6) is -1.02. The molecule has 2 rings (SSSR count). The van der Waals surface area contributed by atoms with Crippen molar-refractivity contribution in [2.45, 2.75) is 13.3 Å². The van der Waals surface area contributed by atoms with Gasteiger partial charge in [0.05, 0.1) is 5.69 Å². The van der Waals surface area contributed by atoms with Crippen LogP contribution in [0, 0.1) is 0 Å². The number of carbonyl (C=O) groups is 1. The van der Waals surface area contributed by atoms with Gasteiger partial charge >= 0.3 is 5.97 Å². The van der Waals surface area contributed by atoms with Crippen LogP contribution in [0.3, 0.4) is 0 Å². The molecule has 0 fully saturated rings. The van der Waals surface area contributed by atoms with E-state index in [2.05, 4.69) is 5.10 Å². The van der Waals surface area contributed by atoms with Crippen LogP contribution in [0.5, 0.6) is 0 Å². The van der Waals surface area contributed by atoms with E-state index in [1.165, 1.54) is 0 Å². The Hall–Kier alpha value is -1.81. The zero-order valence-electron chi connectivity index (χ0n) is 9.22. The Balaban J connectivity index is 2.50. The molecule has 0 aliphatic heterocycles. The third-order valence-electron chi connectivity index (χ3n) is 2.44. The van der Waals surface area contributed by atoms with Gasteiger partial charge in [-0.2, -0.15) is 5.10 Å². The first-order chi connectivity index (χ1) is 8.11. The maximum absolute atomic E-state index is 10.9. The maximum atomic E-state index is 10.9. The summed E-state index contributed by atoms with van der Waals surface area (Å²) in [4.78, 5) is 10.9. The van der Waals surface area contributed by atoms with Gasteiger partial charge in [0.25, 0.3) is 0 Å². The number of aromatic carboxylic acids is 1. The summed E-state index contributed by atoms with van der Waals surface area (Å²) in [7, 11) is 0. The fourth-order valence-corrected chi connectivity index (χ4v) is 1.71. The molecule has 0 unspecified atom stereocenters. The standard InChI is InChI=1S/C12H11ClN2O2/c1-2-9-7-11(12(16)17)14-15(9)10-5-3-8(13)4-6-10/h3-7H,2H2,1H3,(H,16,17). The van der Waals surface area contributed by atoms with E-state index in [0.717, 1.165) is 11.4 Å². The van der Waals surface area contributed by atoms with E-state index in [1.54, 1.807) is 35.0 Å². The predicted molar refractivity (Wildman–Crippen MR) is 64.9 cm³/mol. The van der Waals surface area contributed by atoms with Crippen molar-refractivity contribution in [3.05, 3.63) is 46.7 Å². The molecule has 1 aromatic carbocycles. The average Bonchev–Trinajstić information content (AvgIpc) is 2.74. The van der Waals surface area contributed by atoms with Gasteiger partial charge in [-0.25, -0.2) is 9.48 Å². The minimum absolute atomic E-state index is 0.0526. The van der Waals surface area contributed by atoms with E-state index in [9.17, 15) is 4.79 Å². The highest BCUT2D eigenvalue weighted by molar-refractivity contribution is 6.30. The first-order valence-electron chi connectivity index (χ1n) is 5.20. The Morgan fingerprint density at radius 2 is 2.06 bits per heavy atom. The molecule has 0 amide bonds. The molecule has 17 heavy (non-hydrogen) atoms. The Morgan fingerprint density at radius 1 is 1.41 bits per heavy atom. The Kier molecular flexibility index (Phi) is 3.15. The summed E-state index contributed by atoms with van der Waals surface area (Å²) in [6.07, 6.45) is 0.711. The lowest BCUT2D eigenvalue weighted by Gasteiger charge is -2.05. The zero-order chi connectivity index (χ0) is 12.4. The molecule has 5 heteroatoms. The molecule has 88 valence electrons. The van der Waals surface area contributed by atoms with Crippen LogP contribution in [0.15, 0.2) is 30.3 Å². The number of rotatable bonds is 3. The van der Waals surface area contributed by atoms with Gasteiger partial charge in [-0.3, -0.25) is 0 Å². The van der Waals surface area contributed by atoms with Crippen molar-refractivity contribution in [1.29, 1.82) is 0 Å². The number of benzene rings is 1. The van der Waals surface area contributed by atoms with E-state index in [-0.39, 0.29) is 5.69 Å². The van der Waals surface area contributed by atoms with Crippen molar-refractivity contribution in [2.75, 3.05) is 0 Å². The summed E-state index contributed by atoms with van der Waals surface area (Å²) < 4.78 is 1.62. The fraction of sp³-hybridized carbons (Fsp3) is 0.167. The SMILES string of the molecule is CCc1cc(C(=O)O)nn1-c1ccc(Cl)cc1. The van der Waals surface area contributed by atoms with E-state index in [4.69, 9.17) is 16.7 Å². The van der Waals surface area contributed by atoms with Gasteiger partial charge in [0, 0.05) is 10.7 Å². The Morgan fingerprint density at radius 3 is 2.59 bits per heavy atom. The number of halogens is 1. The number of aromatic nitrogens is 2. The zero-order valence-corrected chi connectivity index (χ0v) is 9.98. The summed E-state index contributed by atoms with van der Waals surface area (Å²) in [6, 6.07) is 8.69. The maximum Gasteiger partial charge on any atom is 0.356 e. The van der Waals surface area contributed by atoms with Crippen LogP contribution < -0.4 is 0 Å². The first-order valence-corrected chi connectivity index (χ1v) is 5.57. The van der Waals surface area contributed by atoms with Gasteiger partial charge in [0.2, 0.25) is 0 Å². The second kappa shape index (κ2) is 4.59. The second-order valence-corrected chi connectivity index (χ2v) is 4.00. The molecule has 0 aliphatic rings. The molecule has 0 aliphatic carbocycles. The lowest BCUT2D eigenvalue weighted by atomic mass is 10.2. The van der Waals surface area contributed by atoms with Gasteiger partial charge in [-0.05, 0) is 36.8 Å². The van der Waals surface area contributed by atoms with Crippen molar-refractivity contribution in [2.24, 2.45) is 0 Å². The average molecular weight is 251 g/mol. The van der Waals surface area contributed by atoms with Crippen molar-refractivity contribution in [3.63, 3.8) is 0 Å². The molecular formula is C12H11ClN2O2. The molecule has 1 aromatic heterocycles. The largest absolute Gasteiger partial charge is 0.476 e. The van der Waals surface area contributed by atoms with Crippen LogP contribution in [0.2, 0.25) is 5.02 Å². The molecule has 0 bridgehead atoms. The number of carboxylic acid groups (broad SMARTS) is 1. The van der Waals surface area contributed by atoms with E-state index in [0.29, 0.717) is 11.4 Å². The van der Waals surface area contributed by atoms with Crippen LogP contribution >= 0.6 is 11.6 Å². The van der Waals surface area contributed by atoms with Crippen molar-refractivity contribution < 1.29 is 9.90 Å². The van der Waals surface area contributed by atoms with E-state index in [1.807, 2.05) is 6.92 Å². The van der Waals surface area contributed by atoms with E-state index < -0.39 is 5.97 Å². The molecule has 0 spiro atoms. The van der Waals surface area contributed by atoms with Crippen molar-refractivity contribution in [1.82, 2.24) is 9.78 Å². The van der Waals surface area contributed by atoms with Crippen LogP contribution in [-0.4, -0.2) is 20.9 Å². The van der Waals surface area contributed by atoms with Gasteiger partial charge < -0.3 is 5.11 Å². The molecule has 0 atom stereocenters. The summed E-state index contributed by atoms with van der Waals surface area (Å²) in [5.41, 5.74) is 1.71. The molecule has 4 nitrogen and oxygen atoms in total. The quantitative estimate of drug-likeness (QED) is 0.911. The summed E-state index contributed by atoms with van der Waals surface area (Å²) >= 11 is 5.80. The topological polar surface area (TPSA) is 55.1 Å². The monoisotopic (exact) mass is 250 g/mol. The van der Waals surface area contributed by atoms with Crippen LogP contribution in [0.1, 0.15) is 23.1 Å². The van der Waals surface area contributed by atoms with Gasteiger partial charge in [-0.1, -0.05) is 18.5 Å². The minimum Gasteiger partial charge on any atom is -0.476 e. The lowest BCUT2D eigenvalue weighted by Crippen LogP contribution is -2.03. The number of hydrogen-bond donors (Lipinski definition) is 1. The smallest absolute Gasteiger partial charge is 0.356 e. The molecule has 0 saturated heterocycles. The number of hydrogen-bond acceptors (Lipinski definition) is 2. The molecule has 0 radical (unpaired) electrons. The Labute approximate surface area is 103 Å². The van der Waals surface area contributed by atoms with Gasteiger partial charge in [-0.15, -0.1) is 0 Å². The highest BCUT2D eigenvalue weighted by Crippen LogP contribution is 2.16. The summed E-state index contributed by atoms with van der Waals surface area (Å²) in [6.45, 7) is 1.95. The molecular weight excluding hydrogens is 240 g/mol. The lowest BCUT2D eigenvalue weighted by molar-refractivity contribution is 0.0690. The predicted octanol–water partition coefficient (Wildman–Crippen LogP) is 2.79. The van der Waals surface area contributed by atoms with Crippen LogP contribution in [0.25, 0.3) is 5.69 Å². The van der Waals surface area contributed by atoms with Crippen molar-refractivity contribution >= 4 is 17.6 Å². The number of nitrogens with zero attached hydrogens (tertiary/aromatic N) is 2. The first kappa shape index (κ1) is 11.7. The highest BCUT2D eigenvalue weighted by Gasteiger charge is 2.12. The highest BCUT2D eigenvalue weighted by atomic mass is 35.5. The third-order valence-corrected chi connectivity index (χ3v) is 2.69. The minimum atomic E-state index is -1.02. The van der Waals surface area contributed by atoms with Crippen LogP contribution in [0.4, 0.5) is 0 Å². The normalized spacial score (nSPS) is 10.5. The molecule has 1 heterocycles. The van der Waals surface area contributed by atoms with Gasteiger partial charge in [0.15, 0.2) is 5.69 Å². The van der Waals surface area contributed by atoms with Gasteiger partial charge in [0.1, 0.15) is 0 Å². The van der Waals surface area contributed by atoms with Crippen LogP contribution in [-0.2, 0) is 6.42 Å². The third kappa shape index (κ3) is 2.31. The summed E-state index contributed by atoms with van der Waals surface area (Å²) in [5, 5.41) is 13.6. The van der Waals surface area contributed by atoms with Crippen molar-refractivity contribution in [3.8, 4) is 5.69 Å². The second-order valence-electron chi connectivity index (χ2n) is 3.57. The molecule has 2 aromatic rings. The van der Waals surface area contributed by atoms with E-state index >= 15 is 0 Å². The Bertz CT molecular complexity index is 546. The fourth-order valence-electron chi connectivity index (χ4n) is 1.58. The molecule has 0 saturated carbocycles. The number of carboxylic acids is 1. The number of aryl methyl sites for hydroxylation is 1. The molecule has 1 N–H and O–H groups in total.